The van der Waals surface area contributed by atoms with Crippen LogP contribution in [0.2, 0.25) is 0 Å². The number of amides is 2. The predicted octanol–water partition coefficient (Wildman–Crippen LogP) is 1.99. The Morgan fingerprint density at radius 3 is 2.45 bits per heavy atom. The summed E-state index contributed by atoms with van der Waals surface area (Å²) in [5, 5.41) is 5.56. The van der Waals surface area contributed by atoms with Crippen LogP contribution in [0, 0.1) is 0 Å². The summed E-state index contributed by atoms with van der Waals surface area (Å²) in [5.74, 6) is -0.273. The van der Waals surface area contributed by atoms with E-state index in [1.54, 1.807) is 18.2 Å². The second kappa shape index (κ2) is 8.50. The number of carbonyl (C=O) groups is 2. The zero-order chi connectivity index (χ0) is 15.3. The van der Waals surface area contributed by atoms with Crippen molar-refractivity contribution >= 4 is 40.2 Å². The van der Waals surface area contributed by atoms with E-state index in [0.717, 1.165) is 30.2 Å². The molecule has 4 N–H and O–H groups in total. The third kappa shape index (κ3) is 4.97. The lowest BCUT2D eigenvalue weighted by Crippen LogP contribution is -2.53. The normalized spacial score (nSPS) is 15.7. The molecule has 0 bridgehead atoms. The minimum absolute atomic E-state index is 0. The molecule has 1 fully saturated rings. The number of rotatable bonds is 5. The van der Waals surface area contributed by atoms with Crippen molar-refractivity contribution in [3.63, 3.8) is 0 Å². The maximum Gasteiger partial charge on any atom is 0.251 e. The largest absolute Gasteiger partial charge is 0.353 e. The Bertz CT molecular complexity index is 533. The quantitative estimate of drug-likeness (QED) is 0.672. The summed E-state index contributed by atoms with van der Waals surface area (Å²) >= 11 is 3.32. The fourth-order valence-electron chi connectivity index (χ4n) is 2.49. The monoisotopic (exact) mass is 389 g/mol. The molecule has 0 unspecified atom stereocenters. The van der Waals surface area contributed by atoms with Crippen molar-refractivity contribution in [2.24, 2.45) is 5.73 Å². The van der Waals surface area contributed by atoms with Gasteiger partial charge in [-0.05, 0) is 31.0 Å². The van der Waals surface area contributed by atoms with E-state index in [2.05, 4.69) is 26.6 Å². The molecular formula is C15H21BrClN3O2. The zero-order valence-electron chi connectivity index (χ0n) is 12.2. The first kappa shape index (κ1) is 18.9. The Kier molecular flexibility index (Phi) is 7.32. The van der Waals surface area contributed by atoms with Crippen molar-refractivity contribution in [2.45, 2.75) is 31.2 Å². The van der Waals surface area contributed by atoms with Gasteiger partial charge in [0.15, 0.2) is 0 Å². The number of hydrogen-bond acceptors (Lipinski definition) is 3. The number of benzene rings is 1. The van der Waals surface area contributed by atoms with Crippen LogP contribution in [0.5, 0.6) is 0 Å². The number of hydrogen-bond donors (Lipinski definition) is 3. The fraction of sp³-hybridized carbons (Fsp3) is 0.467. The van der Waals surface area contributed by atoms with Crippen LogP contribution < -0.4 is 16.4 Å². The van der Waals surface area contributed by atoms with E-state index in [1.165, 1.54) is 0 Å². The Morgan fingerprint density at radius 2 is 1.82 bits per heavy atom. The van der Waals surface area contributed by atoms with Gasteiger partial charge < -0.3 is 16.4 Å². The minimum Gasteiger partial charge on any atom is -0.353 e. The number of halogens is 2. The van der Waals surface area contributed by atoms with Gasteiger partial charge in [0.25, 0.3) is 5.91 Å². The summed E-state index contributed by atoms with van der Waals surface area (Å²) < 4.78 is 0.856. The van der Waals surface area contributed by atoms with E-state index < -0.39 is 5.54 Å². The molecule has 0 radical (unpaired) electrons. The van der Waals surface area contributed by atoms with E-state index in [1.807, 2.05) is 6.07 Å². The highest BCUT2D eigenvalue weighted by Gasteiger charge is 2.36. The molecule has 0 atom stereocenters. The smallest absolute Gasteiger partial charge is 0.251 e. The number of nitrogens with two attached hydrogens (primary N) is 1. The first-order chi connectivity index (χ1) is 10.0. The molecule has 1 aliphatic carbocycles. The van der Waals surface area contributed by atoms with Gasteiger partial charge in [-0.2, -0.15) is 0 Å². The molecule has 1 aromatic rings. The van der Waals surface area contributed by atoms with Crippen molar-refractivity contribution in [2.75, 3.05) is 13.1 Å². The maximum absolute atomic E-state index is 12.0. The van der Waals surface area contributed by atoms with Crippen LogP contribution in [-0.2, 0) is 4.79 Å². The van der Waals surface area contributed by atoms with Gasteiger partial charge in [-0.3, -0.25) is 9.59 Å². The van der Waals surface area contributed by atoms with Crippen molar-refractivity contribution in [1.82, 2.24) is 10.6 Å². The molecule has 22 heavy (non-hydrogen) atoms. The molecule has 5 nitrogen and oxygen atoms in total. The summed E-state index contributed by atoms with van der Waals surface area (Å²) in [6.07, 6.45) is 3.49. The third-order valence-electron chi connectivity index (χ3n) is 3.73. The topological polar surface area (TPSA) is 84.2 Å². The van der Waals surface area contributed by atoms with E-state index >= 15 is 0 Å². The lowest BCUT2D eigenvalue weighted by atomic mass is 9.98. The van der Waals surface area contributed by atoms with Crippen LogP contribution in [0.25, 0.3) is 0 Å². The van der Waals surface area contributed by atoms with Crippen molar-refractivity contribution < 1.29 is 9.59 Å². The lowest BCUT2D eigenvalue weighted by Gasteiger charge is -2.22. The second-order valence-corrected chi connectivity index (χ2v) is 6.30. The maximum atomic E-state index is 12.0. The number of carbonyl (C=O) groups excluding carboxylic acids is 2. The van der Waals surface area contributed by atoms with Gasteiger partial charge >= 0.3 is 0 Å². The SMILES string of the molecule is Cl.NC1(C(=O)NCCNC(=O)c2cccc(Br)c2)CCCC1. The van der Waals surface area contributed by atoms with Crippen LogP contribution in [0.3, 0.4) is 0 Å². The molecule has 0 aliphatic heterocycles. The zero-order valence-corrected chi connectivity index (χ0v) is 14.6. The van der Waals surface area contributed by atoms with E-state index in [4.69, 9.17) is 5.73 Å². The predicted molar refractivity (Wildman–Crippen MR) is 92.1 cm³/mol. The van der Waals surface area contributed by atoms with E-state index in [-0.39, 0.29) is 24.2 Å². The molecular weight excluding hydrogens is 370 g/mol. The standard InChI is InChI=1S/C15H20BrN3O2.ClH/c16-12-5-3-4-11(10-12)13(20)18-8-9-19-14(21)15(17)6-1-2-7-15;/h3-5,10H,1-2,6-9,17H2,(H,18,20)(H,19,21);1H. The summed E-state index contributed by atoms with van der Waals surface area (Å²) in [5.41, 5.74) is 5.92. The van der Waals surface area contributed by atoms with Crippen LogP contribution in [0.15, 0.2) is 28.7 Å². The molecule has 0 heterocycles. The Hall–Kier alpha value is -1.11. The highest BCUT2D eigenvalue weighted by molar-refractivity contribution is 9.10. The molecule has 7 heteroatoms. The average Bonchev–Trinajstić information content (AvgIpc) is 2.91. The van der Waals surface area contributed by atoms with Gasteiger partial charge in [0.05, 0.1) is 5.54 Å². The molecule has 2 rings (SSSR count). The second-order valence-electron chi connectivity index (χ2n) is 5.39. The summed E-state index contributed by atoms with van der Waals surface area (Å²) in [6.45, 7) is 0.769. The molecule has 1 saturated carbocycles. The van der Waals surface area contributed by atoms with Crippen molar-refractivity contribution in [1.29, 1.82) is 0 Å². The molecule has 1 aromatic carbocycles. The fourth-order valence-corrected chi connectivity index (χ4v) is 2.89. The van der Waals surface area contributed by atoms with Crippen LogP contribution >= 0.6 is 28.3 Å². The summed E-state index contributed by atoms with van der Waals surface area (Å²) in [4.78, 5) is 23.9. The molecule has 0 saturated heterocycles. The Balaban J connectivity index is 0.00000242. The van der Waals surface area contributed by atoms with Gasteiger partial charge in [0.2, 0.25) is 5.91 Å². The molecule has 1 aliphatic rings. The average molecular weight is 391 g/mol. The summed E-state index contributed by atoms with van der Waals surface area (Å²) in [7, 11) is 0. The molecule has 0 spiro atoms. The lowest BCUT2D eigenvalue weighted by molar-refractivity contribution is -0.126. The minimum atomic E-state index is -0.714. The van der Waals surface area contributed by atoms with Crippen molar-refractivity contribution in [3.8, 4) is 0 Å². The first-order valence-corrected chi connectivity index (χ1v) is 7.91. The third-order valence-corrected chi connectivity index (χ3v) is 4.22. The highest BCUT2D eigenvalue weighted by Crippen LogP contribution is 2.26. The van der Waals surface area contributed by atoms with Gasteiger partial charge in [-0.15, -0.1) is 12.4 Å². The summed E-state index contributed by atoms with van der Waals surface area (Å²) in [6, 6.07) is 7.16. The van der Waals surface area contributed by atoms with Crippen LogP contribution in [-0.4, -0.2) is 30.4 Å². The van der Waals surface area contributed by atoms with E-state index in [0.29, 0.717) is 18.7 Å². The Morgan fingerprint density at radius 1 is 1.18 bits per heavy atom. The van der Waals surface area contributed by atoms with Crippen molar-refractivity contribution in [3.05, 3.63) is 34.3 Å². The molecule has 122 valence electrons. The Labute approximate surface area is 144 Å². The number of nitrogens with one attached hydrogen (secondary N) is 2. The van der Waals surface area contributed by atoms with Gasteiger partial charge in [-0.1, -0.05) is 34.8 Å². The van der Waals surface area contributed by atoms with Crippen LogP contribution in [0.4, 0.5) is 0 Å². The molecule has 0 aromatic heterocycles. The van der Waals surface area contributed by atoms with E-state index in [9.17, 15) is 9.59 Å². The van der Waals surface area contributed by atoms with Crippen LogP contribution in [0.1, 0.15) is 36.0 Å². The van der Waals surface area contributed by atoms with Gasteiger partial charge in [-0.25, -0.2) is 0 Å². The van der Waals surface area contributed by atoms with Gasteiger partial charge in [0, 0.05) is 23.1 Å². The highest BCUT2D eigenvalue weighted by atomic mass is 79.9. The van der Waals surface area contributed by atoms with Gasteiger partial charge in [0.1, 0.15) is 0 Å². The first-order valence-electron chi connectivity index (χ1n) is 7.12. The molecule has 2 amide bonds.